The molecule has 0 atom stereocenters. The zero-order valence-electron chi connectivity index (χ0n) is 11.9. The monoisotopic (exact) mass is 248 g/mol. The molecule has 0 unspecified atom stereocenters. The van der Waals surface area contributed by atoms with Crippen LogP contribution in [0.15, 0.2) is 24.3 Å². The lowest BCUT2D eigenvalue weighted by atomic mass is 9.88. The van der Waals surface area contributed by atoms with E-state index < -0.39 is 0 Å². The standard InChI is InChI=1S/C15H24N2O/c1-5-11-17(14(18)15(3,4)6-2)13-9-7-12(16)8-10-13/h7-10H,5-6,11,16H2,1-4H3. The third kappa shape index (κ3) is 3.25. The summed E-state index contributed by atoms with van der Waals surface area (Å²) in [7, 11) is 0. The van der Waals surface area contributed by atoms with Gasteiger partial charge in [-0.15, -0.1) is 0 Å². The van der Waals surface area contributed by atoms with E-state index in [0.717, 1.165) is 30.8 Å². The molecule has 1 aromatic carbocycles. The van der Waals surface area contributed by atoms with Crippen molar-refractivity contribution in [3.63, 3.8) is 0 Å². The first-order valence-corrected chi connectivity index (χ1v) is 6.60. The van der Waals surface area contributed by atoms with Crippen molar-refractivity contribution in [2.45, 2.75) is 40.5 Å². The summed E-state index contributed by atoms with van der Waals surface area (Å²) >= 11 is 0. The zero-order valence-corrected chi connectivity index (χ0v) is 11.9. The van der Waals surface area contributed by atoms with Gasteiger partial charge in [-0.1, -0.05) is 27.7 Å². The molecule has 0 heterocycles. The first kappa shape index (κ1) is 14.6. The van der Waals surface area contributed by atoms with Crippen LogP contribution in [0.4, 0.5) is 11.4 Å². The van der Waals surface area contributed by atoms with Crippen LogP contribution < -0.4 is 10.6 Å². The molecule has 0 radical (unpaired) electrons. The Labute approximate surface area is 110 Å². The summed E-state index contributed by atoms with van der Waals surface area (Å²) in [6, 6.07) is 7.50. The Morgan fingerprint density at radius 1 is 1.22 bits per heavy atom. The molecule has 3 nitrogen and oxygen atoms in total. The van der Waals surface area contributed by atoms with Gasteiger partial charge >= 0.3 is 0 Å². The maximum absolute atomic E-state index is 12.6. The number of anilines is 2. The van der Waals surface area contributed by atoms with Gasteiger partial charge in [0.05, 0.1) is 0 Å². The van der Waals surface area contributed by atoms with Gasteiger partial charge < -0.3 is 10.6 Å². The molecule has 0 saturated heterocycles. The molecule has 0 spiro atoms. The van der Waals surface area contributed by atoms with Crippen molar-refractivity contribution < 1.29 is 4.79 Å². The highest BCUT2D eigenvalue weighted by molar-refractivity contribution is 5.97. The van der Waals surface area contributed by atoms with Crippen molar-refractivity contribution in [2.75, 3.05) is 17.2 Å². The number of hydrogen-bond donors (Lipinski definition) is 1. The zero-order chi connectivity index (χ0) is 13.8. The normalized spacial score (nSPS) is 11.3. The van der Waals surface area contributed by atoms with Crippen LogP contribution >= 0.6 is 0 Å². The number of amides is 1. The first-order valence-electron chi connectivity index (χ1n) is 6.60. The second-order valence-electron chi connectivity index (χ2n) is 5.29. The van der Waals surface area contributed by atoms with Gasteiger partial charge in [-0.05, 0) is 37.1 Å². The molecule has 1 amide bonds. The van der Waals surface area contributed by atoms with Crippen LogP contribution in [0, 0.1) is 5.41 Å². The topological polar surface area (TPSA) is 46.3 Å². The summed E-state index contributed by atoms with van der Waals surface area (Å²) in [5, 5.41) is 0. The Kier molecular flexibility index (Phi) is 4.76. The van der Waals surface area contributed by atoms with Gasteiger partial charge in [0.2, 0.25) is 5.91 Å². The molecule has 2 N–H and O–H groups in total. The van der Waals surface area contributed by atoms with Gasteiger partial charge in [0, 0.05) is 23.3 Å². The smallest absolute Gasteiger partial charge is 0.232 e. The Morgan fingerprint density at radius 2 is 1.78 bits per heavy atom. The Bertz CT molecular complexity index is 395. The van der Waals surface area contributed by atoms with Gasteiger partial charge in [-0.2, -0.15) is 0 Å². The third-order valence-corrected chi connectivity index (χ3v) is 3.36. The summed E-state index contributed by atoms with van der Waals surface area (Å²) < 4.78 is 0. The average molecular weight is 248 g/mol. The molecular formula is C15H24N2O. The second-order valence-corrected chi connectivity index (χ2v) is 5.29. The summed E-state index contributed by atoms with van der Waals surface area (Å²) in [6.07, 6.45) is 1.77. The lowest BCUT2D eigenvalue weighted by molar-refractivity contribution is -0.126. The van der Waals surface area contributed by atoms with Crippen molar-refractivity contribution in [1.29, 1.82) is 0 Å². The van der Waals surface area contributed by atoms with Crippen LogP contribution in [0.5, 0.6) is 0 Å². The SMILES string of the molecule is CCCN(C(=O)C(C)(C)CC)c1ccc(N)cc1. The summed E-state index contributed by atoms with van der Waals surface area (Å²) in [4.78, 5) is 14.4. The fourth-order valence-corrected chi connectivity index (χ4v) is 1.74. The van der Waals surface area contributed by atoms with Crippen molar-refractivity contribution in [2.24, 2.45) is 5.41 Å². The molecule has 1 rings (SSSR count). The number of carbonyl (C=O) groups excluding carboxylic acids is 1. The highest BCUT2D eigenvalue weighted by atomic mass is 16.2. The predicted octanol–water partition coefficient (Wildman–Crippen LogP) is 3.45. The van der Waals surface area contributed by atoms with Crippen LogP contribution in [-0.4, -0.2) is 12.5 Å². The lowest BCUT2D eigenvalue weighted by Gasteiger charge is -2.31. The number of nitrogen functional groups attached to an aromatic ring is 1. The quantitative estimate of drug-likeness (QED) is 0.811. The lowest BCUT2D eigenvalue weighted by Crippen LogP contribution is -2.41. The molecule has 100 valence electrons. The van der Waals surface area contributed by atoms with Crippen molar-refractivity contribution in [1.82, 2.24) is 0 Å². The Morgan fingerprint density at radius 3 is 2.22 bits per heavy atom. The largest absolute Gasteiger partial charge is 0.399 e. The molecule has 0 aliphatic heterocycles. The van der Waals surface area contributed by atoms with Gasteiger partial charge in [0.15, 0.2) is 0 Å². The van der Waals surface area contributed by atoms with Crippen molar-refractivity contribution in [3.05, 3.63) is 24.3 Å². The third-order valence-electron chi connectivity index (χ3n) is 3.36. The van der Waals surface area contributed by atoms with Crippen LogP contribution in [0.3, 0.4) is 0 Å². The molecule has 18 heavy (non-hydrogen) atoms. The summed E-state index contributed by atoms with van der Waals surface area (Å²) in [5.41, 5.74) is 7.01. The number of hydrogen-bond acceptors (Lipinski definition) is 2. The molecular weight excluding hydrogens is 224 g/mol. The van der Waals surface area contributed by atoms with Crippen molar-refractivity contribution in [3.8, 4) is 0 Å². The van der Waals surface area contributed by atoms with E-state index >= 15 is 0 Å². The van der Waals surface area contributed by atoms with Gasteiger partial charge in [0.25, 0.3) is 0 Å². The summed E-state index contributed by atoms with van der Waals surface area (Å²) in [5.74, 6) is 0.177. The van der Waals surface area contributed by atoms with Gasteiger partial charge in [-0.25, -0.2) is 0 Å². The highest BCUT2D eigenvalue weighted by Gasteiger charge is 2.30. The number of nitrogens with zero attached hydrogens (tertiary/aromatic N) is 1. The average Bonchev–Trinajstić information content (AvgIpc) is 2.36. The van der Waals surface area contributed by atoms with Crippen LogP contribution in [0.1, 0.15) is 40.5 Å². The molecule has 0 saturated carbocycles. The van der Waals surface area contributed by atoms with E-state index in [9.17, 15) is 4.79 Å². The number of nitrogens with two attached hydrogens (primary N) is 1. The molecule has 1 aromatic rings. The van der Waals surface area contributed by atoms with E-state index in [1.165, 1.54) is 0 Å². The van der Waals surface area contributed by atoms with Gasteiger partial charge in [0.1, 0.15) is 0 Å². The van der Waals surface area contributed by atoms with Crippen LogP contribution in [0.2, 0.25) is 0 Å². The minimum absolute atomic E-state index is 0.177. The minimum atomic E-state index is -0.323. The van der Waals surface area contributed by atoms with Gasteiger partial charge in [-0.3, -0.25) is 4.79 Å². The van der Waals surface area contributed by atoms with E-state index in [2.05, 4.69) is 6.92 Å². The predicted molar refractivity (Wildman–Crippen MR) is 77.6 cm³/mol. The fourth-order valence-electron chi connectivity index (χ4n) is 1.74. The minimum Gasteiger partial charge on any atom is -0.399 e. The van der Waals surface area contributed by atoms with E-state index in [1.54, 1.807) is 0 Å². The highest BCUT2D eigenvalue weighted by Crippen LogP contribution is 2.27. The molecule has 0 aliphatic rings. The van der Waals surface area contributed by atoms with Crippen LogP contribution in [0.25, 0.3) is 0 Å². The summed E-state index contributed by atoms with van der Waals surface area (Å²) in [6.45, 7) is 8.86. The maximum atomic E-state index is 12.6. The molecule has 3 heteroatoms. The Hall–Kier alpha value is -1.51. The first-order chi connectivity index (χ1) is 8.42. The van der Waals surface area contributed by atoms with E-state index in [1.807, 2.05) is 49.9 Å². The van der Waals surface area contributed by atoms with E-state index in [0.29, 0.717) is 0 Å². The molecule has 0 bridgehead atoms. The Balaban J connectivity index is 3.02. The maximum Gasteiger partial charge on any atom is 0.232 e. The fraction of sp³-hybridized carbons (Fsp3) is 0.533. The number of carbonyl (C=O) groups is 1. The van der Waals surface area contributed by atoms with Crippen molar-refractivity contribution >= 4 is 17.3 Å². The van der Waals surface area contributed by atoms with E-state index in [-0.39, 0.29) is 11.3 Å². The second kappa shape index (κ2) is 5.89. The molecule has 0 aromatic heterocycles. The van der Waals surface area contributed by atoms with Crippen LogP contribution in [-0.2, 0) is 4.79 Å². The molecule has 0 fully saturated rings. The number of benzene rings is 1. The molecule has 0 aliphatic carbocycles. The number of rotatable bonds is 5. The van der Waals surface area contributed by atoms with E-state index in [4.69, 9.17) is 5.73 Å².